The average Bonchev–Trinajstić information content (AvgIpc) is 3.02. The van der Waals surface area contributed by atoms with Crippen molar-refractivity contribution >= 4 is 52.6 Å². The second-order valence-corrected chi connectivity index (χ2v) is 9.93. The molecule has 0 aliphatic carbocycles. The smallest absolute Gasteiger partial charge is 0.272 e. The molecule has 224 valence electrons. The first kappa shape index (κ1) is 31.4. The Bertz CT molecular complexity index is 1730. The van der Waals surface area contributed by atoms with Gasteiger partial charge in [0.05, 0.1) is 10.7 Å². The summed E-state index contributed by atoms with van der Waals surface area (Å²) in [7, 11) is 0. The number of hydrogen-bond acceptors (Lipinski definition) is 6. The van der Waals surface area contributed by atoms with E-state index in [4.69, 9.17) is 0 Å². The Kier molecular flexibility index (Phi) is 10.1. The average molecular weight is 625 g/mol. The first-order valence-corrected chi connectivity index (χ1v) is 13.5. The number of nitrogens with zero attached hydrogens (tertiary/aromatic N) is 1. The SMILES string of the molecule is O=C(CSc1ccc(NC(=O)/C(=C/c2ccc([N+](=O)[O-])cc2)NC(=O)c2ccccc2)cc1)Nc1c(F)c(F)cc(F)c1F. The van der Waals surface area contributed by atoms with Gasteiger partial charge in [0, 0.05) is 34.3 Å². The van der Waals surface area contributed by atoms with Gasteiger partial charge in [0.2, 0.25) is 5.91 Å². The highest BCUT2D eigenvalue weighted by Crippen LogP contribution is 2.26. The number of rotatable bonds is 10. The van der Waals surface area contributed by atoms with Crippen LogP contribution in [-0.4, -0.2) is 28.4 Å². The highest BCUT2D eigenvalue weighted by molar-refractivity contribution is 8.00. The lowest BCUT2D eigenvalue weighted by atomic mass is 10.1. The standard InChI is InChI=1S/C30H20F4N4O5S/c31-22-15-23(32)27(34)28(26(22)33)37-25(39)16-44-21-12-8-19(9-13-21)35-30(41)24(36-29(40)18-4-2-1-3-5-18)14-17-6-10-20(11-7-17)38(42)43/h1-15H,16H2,(H,35,41)(H,36,40)(H,37,39)/b24-14-. The molecular weight excluding hydrogens is 604 g/mol. The fraction of sp³-hybridized carbons (Fsp3) is 0.0333. The number of non-ortho nitro benzene ring substituents is 1. The summed E-state index contributed by atoms with van der Waals surface area (Å²) >= 11 is 0.939. The number of hydrogen-bond donors (Lipinski definition) is 3. The molecule has 4 aromatic carbocycles. The van der Waals surface area contributed by atoms with E-state index >= 15 is 0 Å². The normalized spacial score (nSPS) is 11.0. The van der Waals surface area contributed by atoms with Gasteiger partial charge >= 0.3 is 0 Å². The number of nitro groups is 1. The molecule has 4 rings (SSSR count). The molecule has 44 heavy (non-hydrogen) atoms. The van der Waals surface area contributed by atoms with Crippen LogP contribution < -0.4 is 16.0 Å². The molecule has 0 heterocycles. The maximum atomic E-state index is 13.8. The van der Waals surface area contributed by atoms with Gasteiger partial charge in [-0.2, -0.15) is 0 Å². The van der Waals surface area contributed by atoms with Gasteiger partial charge in [-0.25, -0.2) is 17.6 Å². The third-order valence-corrected chi connectivity index (χ3v) is 6.81. The van der Waals surface area contributed by atoms with E-state index in [0.717, 1.165) is 11.8 Å². The molecule has 0 aromatic heterocycles. The summed E-state index contributed by atoms with van der Waals surface area (Å²) in [5.41, 5.74) is -0.557. The summed E-state index contributed by atoms with van der Waals surface area (Å²) in [5.74, 6) is -9.35. The number of carbonyl (C=O) groups is 3. The Morgan fingerprint density at radius 3 is 2.02 bits per heavy atom. The molecule has 0 atom stereocenters. The molecule has 4 aromatic rings. The van der Waals surface area contributed by atoms with E-state index in [1.807, 2.05) is 5.32 Å². The van der Waals surface area contributed by atoms with E-state index < -0.39 is 51.6 Å². The number of halogens is 4. The quantitative estimate of drug-likeness (QED) is 0.0475. The van der Waals surface area contributed by atoms with Crippen molar-refractivity contribution in [2.75, 3.05) is 16.4 Å². The molecule has 0 unspecified atom stereocenters. The van der Waals surface area contributed by atoms with Crippen LogP contribution in [0.2, 0.25) is 0 Å². The summed E-state index contributed by atoms with van der Waals surface area (Å²) in [4.78, 5) is 49.0. The largest absolute Gasteiger partial charge is 0.321 e. The van der Waals surface area contributed by atoms with Gasteiger partial charge in [-0.15, -0.1) is 11.8 Å². The van der Waals surface area contributed by atoms with Crippen LogP contribution in [0.4, 0.5) is 34.6 Å². The molecule has 0 radical (unpaired) electrons. The Labute approximate surface area is 251 Å². The van der Waals surface area contributed by atoms with E-state index in [-0.39, 0.29) is 28.8 Å². The topological polar surface area (TPSA) is 130 Å². The van der Waals surface area contributed by atoms with Crippen LogP contribution in [0.15, 0.2) is 95.5 Å². The second-order valence-electron chi connectivity index (χ2n) is 8.89. The zero-order chi connectivity index (χ0) is 31.8. The summed E-state index contributed by atoms with van der Waals surface area (Å²) < 4.78 is 54.4. The van der Waals surface area contributed by atoms with Crippen LogP contribution in [0.3, 0.4) is 0 Å². The molecule has 0 saturated heterocycles. The van der Waals surface area contributed by atoms with Crippen molar-refractivity contribution in [3.63, 3.8) is 0 Å². The Morgan fingerprint density at radius 2 is 1.43 bits per heavy atom. The fourth-order valence-electron chi connectivity index (χ4n) is 3.64. The molecule has 0 saturated carbocycles. The summed E-state index contributed by atoms with van der Waals surface area (Å²) in [6.07, 6.45) is 1.35. The van der Waals surface area contributed by atoms with Gasteiger partial charge in [-0.3, -0.25) is 24.5 Å². The Balaban J connectivity index is 1.43. The predicted molar refractivity (Wildman–Crippen MR) is 156 cm³/mol. The number of benzene rings is 4. The van der Waals surface area contributed by atoms with Gasteiger partial charge in [0.25, 0.3) is 17.5 Å². The van der Waals surface area contributed by atoms with Crippen molar-refractivity contribution in [3.8, 4) is 0 Å². The molecule has 0 fully saturated rings. The zero-order valence-corrected chi connectivity index (χ0v) is 23.1. The number of thioether (sulfide) groups is 1. The minimum absolute atomic E-state index is 0.0288. The lowest BCUT2D eigenvalue weighted by molar-refractivity contribution is -0.384. The first-order valence-electron chi connectivity index (χ1n) is 12.5. The van der Waals surface area contributed by atoms with E-state index in [9.17, 15) is 42.1 Å². The third kappa shape index (κ3) is 8.07. The maximum Gasteiger partial charge on any atom is 0.272 e. The van der Waals surface area contributed by atoms with Crippen molar-refractivity contribution in [2.24, 2.45) is 0 Å². The molecule has 0 aliphatic heterocycles. The Morgan fingerprint density at radius 1 is 0.818 bits per heavy atom. The summed E-state index contributed by atoms with van der Waals surface area (Å²) in [6, 6.07) is 19.5. The molecular formula is C30H20F4N4O5S. The first-order chi connectivity index (χ1) is 21.0. The third-order valence-electron chi connectivity index (χ3n) is 5.80. The zero-order valence-electron chi connectivity index (χ0n) is 22.3. The number of nitrogens with one attached hydrogen (secondary N) is 3. The molecule has 0 spiro atoms. The van der Waals surface area contributed by atoms with Crippen molar-refractivity contribution in [3.05, 3.63) is 135 Å². The van der Waals surface area contributed by atoms with Gasteiger partial charge in [-0.1, -0.05) is 18.2 Å². The van der Waals surface area contributed by atoms with Gasteiger partial charge < -0.3 is 16.0 Å². The molecule has 0 bridgehead atoms. The second kappa shape index (κ2) is 14.1. The fourth-order valence-corrected chi connectivity index (χ4v) is 4.34. The van der Waals surface area contributed by atoms with Gasteiger partial charge in [0.15, 0.2) is 23.3 Å². The molecule has 3 N–H and O–H groups in total. The number of anilines is 2. The van der Waals surface area contributed by atoms with Crippen LogP contribution >= 0.6 is 11.8 Å². The van der Waals surface area contributed by atoms with Crippen LogP contribution in [-0.2, 0) is 9.59 Å². The van der Waals surface area contributed by atoms with Crippen molar-refractivity contribution < 1.29 is 36.9 Å². The summed E-state index contributed by atoms with van der Waals surface area (Å²) in [6.45, 7) is 0. The lowest BCUT2D eigenvalue weighted by Crippen LogP contribution is -2.30. The number of carbonyl (C=O) groups excluding carboxylic acids is 3. The molecule has 9 nitrogen and oxygen atoms in total. The van der Waals surface area contributed by atoms with Crippen LogP contribution in [0, 0.1) is 33.4 Å². The molecule has 3 amide bonds. The van der Waals surface area contributed by atoms with E-state index in [2.05, 4.69) is 10.6 Å². The minimum Gasteiger partial charge on any atom is -0.321 e. The van der Waals surface area contributed by atoms with E-state index in [0.29, 0.717) is 16.1 Å². The Hall–Kier alpha value is -5.50. The van der Waals surface area contributed by atoms with Crippen molar-refractivity contribution in [1.29, 1.82) is 0 Å². The lowest BCUT2D eigenvalue weighted by Gasteiger charge is -2.12. The number of amides is 3. The van der Waals surface area contributed by atoms with Crippen LogP contribution in [0.25, 0.3) is 6.08 Å². The van der Waals surface area contributed by atoms with Crippen LogP contribution in [0.5, 0.6) is 0 Å². The van der Waals surface area contributed by atoms with Crippen molar-refractivity contribution in [2.45, 2.75) is 4.90 Å². The maximum absolute atomic E-state index is 13.8. The predicted octanol–water partition coefficient (Wildman–Crippen LogP) is 6.29. The van der Waals surface area contributed by atoms with Gasteiger partial charge in [0.1, 0.15) is 11.4 Å². The highest BCUT2D eigenvalue weighted by Gasteiger charge is 2.21. The van der Waals surface area contributed by atoms with Gasteiger partial charge in [-0.05, 0) is 60.2 Å². The minimum atomic E-state index is -1.73. The molecule has 14 heteroatoms. The number of nitro benzene ring substituents is 1. The summed E-state index contributed by atoms with van der Waals surface area (Å²) in [5, 5.41) is 17.9. The molecule has 0 aliphatic rings. The van der Waals surface area contributed by atoms with E-state index in [1.165, 1.54) is 54.6 Å². The van der Waals surface area contributed by atoms with Crippen molar-refractivity contribution in [1.82, 2.24) is 5.32 Å². The monoisotopic (exact) mass is 624 g/mol. The highest BCUT2D eigenvalue weighted by atomic mass is 32.2. The van der Waals surface area contributed by atoms with E-state index in [1.54, 1.807) is 30.3 Å². The van der Waals surface area contributed by atoms with Crippen LogP contribution in [0.1, 0.15) is 15.9 Å².